The van der Waals surface area contributed by atoms with E-state index in [1.165, 1.54) is 11.3 Å². The number of thiazole rings is 1. The number of carbonyl (C=O) groups excluding carboxylic acids is 2. The van der Waals surface area contributed by atoms with Gasteiger partial charge in [0.05, 0.1) is 24.3 Å². The van der Waals surface area contributed by atoms with Crippen molar-refractivity contribution in [2.75, 3.05) is 31.2 Å². The third-order valence-electron chi connectivity index (χ3n) is 5.12. The summed E-state index contributed by atoms with van der Waals surface area (Å²) < 4.78 is 5.35. The smallest absolute Gasteiger partial charge is 0.281 e. The van der Waals surface area contributed by atoms with Crippen LogP contribution < -0.4 is 15.8 Å². The summed E-state index contributed by atoms with van der Waals surface area (Å²) in [5, 5.41) is 1.39. The minimum Gasteiger partial charge on any atom is -0.378 e. The summed E-state index contributed by atoms with van der Waals surface area (Å²) in [4.78, 5) is 32.4. The first-order chi connectivity index (χ1) is 13.5. The van der Waals surface area contributed by atoms with Gasteiger partial charge < -0.3 is 9.64 Å². The van der Waals surface area contributed by atoms with Crippen molar-refractivity contribution < 1.29 is 14.3 Å². The van der Waals surface area contributed by atoms with Gasteiger partial charge in [0.25, 0.3) is 5.91 Å². The Labute approximate surface area is 172 Å². The zero-order chi connectivity index (χ0) is 19.7. The maximum absolute atomic E-state index is 12.7. The van der Waals surface area contributed by atoms with Crippen molar-refractivity contribution >= 4 is 39.9 Å². The molecule has 2 heterocycles. The van der Waals surface area contributed by atoms with Crippen LogP contribution in [0.1, 0.15) is 33.8 Å². The largest absolute Gasteiger partial charge is 0.378 e. The third kappa shape index (κ3) is 3.72. The fourth-order valence-corrected chi connectivity index (χ4v) is 4.53. The molecule has 1 aromatic heterocycles. The SMILES string of the molecule is Cc1nc(N2CCOCC2)sc1C(=O)NNC(=O)C1(c2cccc(Cl)c2)CC1. The summed E-state index contributed by atoms with van der Waals surface area (Å²) >= 11 is 7.38. The van der Waals surface area contributed by atoms with E-state index in [1.807, 2.05) is 12.1 Å². The number of aromatic nitrogens is 1. The van der Waals surface area contributed by atoms with Crippen LogP contribution in [0.3, 0.4) is 0 Å². The molecule has 1 aliphatic carbocycles. The number of nitrogens with one attached hydrogen (secondary N) is 2. The lowest BCUT2D eigenvalue weighted by molar-refractivity contribution is -0.124. The molecule has 0 unspecified atom stereocenters. The molecule has 148 valence electrons. The molecule has 0 bridgehead atoms. The summed E-state index contributed by atoms with van der Waals surface area (Å²) in [7, 11) is 0. The zero-order valence-electron chi connectivity index (χ0n) is 15.5. The van der Waals surface area contributed by atoms with Crippen LogP contribution in [-0.2, 0) is 14.9 Å². The standard InChI is InChI=1S/C19H21ClN4O3S/c1-12-15(28-18(21-12)24-7-9-27-10-8-24)16(25)22-23-17(26)19(5-6-19)13-3-2-4-14(20)11-13/h2-4,11H,5-10H2,1H3,(H,22,25)(H,23,26). The molecule has 9 heteroatoms. The average molecular weight is 421 g/mol. The fraction of sp³-hybridized carbons (Fsp3) is 0.421. The second-order valence-corrected chi connectivity index (χ2v) is 8.43. The fourth-order valence-electron chi connectivity index (χ4n) is 3.33. The van der Waals surface area contributed by atoms with Crippen molar-refractivity contribution in [2.45, 2.75) is 25.2 Å². The summed E-state index contributed by atoms with van der Waals surface area (Å²) in [6.07, 6.45) is 1.46. The summed E-state index contributed by atoms with van der Waals surface area (Å²) in [6, 6.07) is 7.30. The predicted molar refractivity (Wildman–Crippen MR) is 108 cm³/mol. The number of morpholine rings is 1. The van der Waals surface area contributed by atoms with Crippen LogP contribution in [0.15, 0.2) is 24.3 Å². The molecule has 2 aliphatic rings. The normalized spacial score (nSPS) is 17.9. The third-order valence-corrected chi connectivity index (χ3v) is 6.58. The number of ether oxygens (including phenoxy) is 1. The van der Waals surface area contributed by atoms with Crippen molar-refractivity contribution in [3.8, 4) is 0 Å². The second-order valence-electron chi connectivity index (χ2n) is 7.01. The number of nitrogens with zero attached hydrogens (tertiary/aromatic N) is 2. The van der Waals surface area contributed by atoms with Gasteiger partial charge in [0.1, 0.15) is 4.88 Å². The predicted octanol–water partition coefficient (Wildman–Crippen LogP) is 2.43. The highest BCUT2D eigenvalue weighted by Gasteiger charge is 2.51. The van der Waals surface area contributed by atoms with Crippen molar-refractivity contribution in [3.63, 3.8) is 0 Å². The number of amides is 2. The molecule has 2 N–H and O–H groups in total. The molecule has 1 saturated carbocycles. The van der Waals surface area contributed by atoms with Crippen molar-refractivity contribution in [1.29, 1.82) is 0 Å². The van der Waals surface area contributed by atoms with Gasteiger partial charge in [-0.05, 0) is 37.5 Å². The molecule has 28 heavy (non-hydrogen) atoms. The zero-order valence-corrected chi connectivity index (χ0v) is 17.0. The lowest BCUT2D eigenvalue weighted by Crippen LogP contribution is -2.46. The first-order valence-corrected chi connectivity index (χ1v) is 10.4. The number of hydrogen-bond acceptors (Lipinski definition) is 6. The Bertz CT molecular complexity index is 906. The topological polar surface area (TPSA) is 83.6 Å². The Balaban J connectivity index is 1.40. The van der Waals surface area contributed by atoms with E-state index in [0.717, 1.165) is 36.6 Å². The minimum atomic E-state index is -0.611. The summed E-state index contributed by atoms with van der Waals surface area (Å²) in [6.45, 7) is 4.62. The van der Waals surface area contributed by atoms with Gasteiger partial charge in [0, 0.05) is 18.1 Å². The van der Waals surface area contributed by atoms with Gasteiger partial charge >= 0.3 is 0 Å². The molecule has 2 amide bonds. The second kappa shape index (κ2) is 7.69. The van der Waals surface area contributed by atoms with E-state index >= 15 is 0 Å². The Morgan fingerprint density at radius 3 is 2.68 bits per heavy atom. The van der Waals surface area contributed by atoms with Gasteiger partial charge in [-0.1, -0.05) is 35.1 Å². The summed E-state index contributed by atoms with van der Waals surface area (Å²) in [5.74, 6) is -0.580. The van der Waals surface area contributed by atoms with Crippen molar-refractivity contribution in [1.82, 2.24) is 15.8 Å². The Hall–Kier alpha value is -2.16. The maximum Gasteiger partial charge on any atom is 0.281 e. The monoisotopic (exact) mass is 420 g/mol. The van der Waals surface area contributed by atoms with E-state index in [1.54, 1.807) is 19.1 Å². The molecule has 0 atom stereocenters. The van der Waals surface area contributed by atoms with Gasteiger partial charge in [-0.15, -0.1) is 0 Å². The number of hydrogen-bond donors (Lipinski definition) is 2. The Morgan fingerprint density at radius 2 is 2.00 bits per heavy atom. The summed E-state index contributed by atoms with van der Waals surface area (Å²) in [5.41, 5.74) is 6.03. The Kier molecular flexibility index (Phi) is 5.27. The molecule has 1 aromatic carbocycles. The van der Waals surface area contributed by atoms with Gasteiger partial charge in [-0.3, -0.25) is 20.4 Å². The molecular weight excluding hydrogens is 400 g/mol. The highest BCUT2D eigenvalue weighted by atomic mass is 35.5. The van der Waals surface area contributed by atoms with Crippen LogP contribution in [-0.4, -0.2) is 43.1 Å². The van der Waals surface area contributed by atoms with Crippen LogP contribution in [0.25, 0.3) is 0 Å². The maximum atomic E-state index is 12.7. The van der Waals surface area contributed by atoms with Crippen LogP contribution >= 0.6 is 22.9 Å². The van der Waals surface area contributed by atoms with E-state index in [2.05, 4.69) is 20.7 Å². The number of halogens is 1. The lowest BCUT2D eigenvalue weighted by Gasteiger charge is -2.25. The highest BCUT2D eigenvalue weighted by Crippen LogP contribution is 2.48. The molecule has 2 aromatic rings. The first-order valence-electron chi connectivity index (χ1n) is 9.16. The van der Waals surface area contributed by atoms with Crippen LogP contribution in [0.5, 0.6) is 0 Å². The average Bonchev–Trinajstić information content (AvgIpc) is 3.43. The van der Waals surface area contributed by atoms with Gasteiger partial charge in [0.2, 0.25) is 5.91 Å². The quantitative estimate of drug-likeness (QED) is 0.742. The van der Waals surface area contributed by atoms with Gasteiger partial charge in [-0.2, -0.15) is 0 Å². The molecule has 0 radical (unpaired) electrons. The highest BCUT2D eigenvalue weighted by molar-refractivity contribution is 7.17. The number of anilines is 1. The Morgan fingerprint density at radius 1 is 1.25 bits per heavy atom. The molecule has 4 rings (SSSR count). The first kappa shape index (κ1) is 19.2. The number of carbonyl (C=O) groups is 2. The molecule has 2 fully saturated rings. The minimum absolute atomic E-state index is 0.223. The molecule has 1 saturated heterocycles. The van der Waals surface area contributed by atoms with Gasteiger partial charge in [-0.25, -0.2) is 4.98 Å². The molecular formula is C19H21ClN4O3S. The van der Waals surface area contributed by atoms with E-state index in [9.17, 15) is 9.59 Å². The van der Waals surface area contributed by atoms with E-state index in [4.69, 9.17) is 16.3 Å². The van der Waals surface area contributed by atoms with Crippen LogP contribution in [0.4, 0.5) is 5.13 Å². The van der Waals surface area contributed by atoms with Crippen molar-refractivity contribution in [2.24, 2.45) is 0 Å². The van der Waals surface area contributed by atoms with E-state index in [-0.39, 0.29) is 11.8 Å². The lowest BCUT2D eigenvalue weighted by atomic mass is 9.95. The molecule has 0 spiro atoms. The molecule has 7 nitrogen and oxygen atoms in total. The number of hydrazine groups is 1. The number of benzene rings is 1. The van der Waals surface area contributed by atoms with Gasteiger partial charge in [0.15, 0.2) is 5.13 Å². The number of rotatable bonds is 4. The van der Waals surface area contributed by atoms with Crippen LogP contribution in [0, 0.1) is 6.92 Å². The van der Waals surface area contributed by atoms with E-state index in [0.29, 0.717) is 28.8 Å². The molecule has 1 aliphatic heterocycles. The number of aryl methyl sites for hydroxylation is 1. The van der Waals surface area contributed by atoms with E-state index < -0.39 is 5.41 Å². The van der Waals surface area contributed by atoms with Crippen molar-refractivity contribution in [3.05, 3.63) is 45.4 Å². The van der Waals surface area contributed by atoms with Crippen LogP contribution in [0.2, 0.25) is 5.02 Å².